The second-order valence-electron chi connectivity index (χ2n) is 6.45. The molecule has 158 valence electrons. The summed E-state index contributed by atoms with van der Waals surface area (Å²) in [5, 5.41) is 0. The number of fused-ring (bicyclic) bond motifs is 1. The van der Waals surface area contributed by atoms with E-state index in [1.807, 2.05) is 24.3 Å². The number of hydrogen-bond donors (Lipinski definition) is 1. The number of aromatic nitrogens is 3. The number of nitrogen functional groups attached to an aromatic ring is 1. The SMILES string of the molecule is Cn1c(N)c(C(=O)COC(=O)CCCSc2nc3ccccc3s2)c(=O)n(C)c1=O. The maximum absolute atomic E-state index is 12.3. The van der Waals surface area contributed by atoms with Crippen LogP contribution in [-0.4, -0.2) is 38.2 Å². The number of anilines is 1. The molecule has 0 aliphatic heterocycles. The van der Waals surface area contributed by atoms with Crippen LogP contribution >= 0.6 is 23.1 Å². The van der Waals surface area contributed by atoms with Gasteiger partial charge in [-0.2, -0.15) is 0 Å². The quantitative estimate of drug-likeness (QED) is 0.238. The van der Waals surface area contributed by atoms with Gasteiger partial charge in [0.05, 0.1) is 10.2 Å². The molecule has 0 aliphatic rings. The largest absolute Gasteiger partial charge is 0.457 e. The summed E-state index contributed by atoms with van der Waals surface area (Å²) >= 11 is 3.15. The number of nitrogens with two attached hydrogens (primary N) is 1. The highest BCUT2D eigenvalue weighted by molar-refractivity contribution is 8.01. The Morgan fingerprint density at radius 2 is 1.93 bits per heavy atom. The first kappa shape index (κ1) is 21.8. The minimum absolute atomic E-state index is 0.131. The van der Waals surface area contributed by atoms with E-state index in [9.17, 15) is 19.2 Å². The first-order valence-electron chi connectivity index (χ1n) is 9.02. The normalized spacial score (nSPS) is 11.0. The van der Waals surface area contributed by atoms with Crippen LogP contribution in [0.25, 0.3) is 10.2 Å². The molecule has 0 saturated carbocycles. The van der Waals surface area contributed by atoms with Crippen LogP contribution in [0, 0.1) is 0 Å². The molecule has 0 amide bonds. The van der Waals surface area contributed by atoms with Crippen molar-refractivity contribution >= 4 is 50.9 Å². The fourth-order valence-electron chi connectivity index (χ4n) is 2.70. The number of carbonyl (C=O) groups is 2. The molecule has 0 fully saturated rings. The first-order chi connectivity index (χ1) is 14.3. The van der Waals surface area contributed by atoms with Gasteiger partial charge in [-0.1, -0.05) is 23.9 Å². The Morgan fingerprint density at radius 3 is 2.67 bits per heavy atom. The van der Waals surface area contributed by atoms with Crippen LogP contribution in [0.15, 0.2) is 38.2 Å². The molecule has 2 heterocycles. The fraction of sp³-hybridized carbons (Fsp3) is 0.316. The average molecular weight is 449 g/mol. The van der Waals surface area contributed by atoms with Crippen molar-refractivity contribution in [3.05, 3.63) is 50.7 Å². The summed E-state index contributed by atoms with van der Waals surface area (Å²) in [6, 6.07) is 7.86. The van der Waals surface area contributed by atoms with Gasteiger partial charge in [0.2, 0.25) is 5.78 Å². The van der Waals surface area contributed by atoms with Gasteiger partial charge in [-0.25, -0.2) is 9.78 Å². The number of ketones is 1. The third-order valence-corrected chi connectivity index (χ3v) is 6.64. The molecule has 3 rings (SSSR count). The van der Waals surface area contributed by atoms with E-state index in [2.05, 4.69) is 4.98 Å². The van der Waals surface area contributed by atoms with Gasteiger partial charge in [-0.05, 0) is 18.6 Å². The maximum atomic E-state index is 12.3. The minimum Gasteiger partial charge on any atom is -0.457 e. The summed E-state index contributed by atoms with van der Waals surface area (Å²) in [6.07, 6.45) is 0.684. The number of thiazole rings is 1. The van der Waals surface area contributed by atoms with Crippen LogP contribution in [0.2, 0.25) is 0 Å². The van der Waals surface area contributed by atoms with Crippen molar-refractivity contribution in [2.24, 2.45) is 14.1 Å². The summed E-state index contributed by atoms with van der Waals surface area (Å²) in [6.45, 7) is -0.610. The van der Waals surface area contributed by atoms with Crippen LogP contribution in [0.1, 0.15) is 23.2 Å². The van der Waals surface area contributed by atoms with Crippen molar-refractivity contribution in [2.75, 3.05) is 18.1 Å². The number of hydrogen-bond acceptors (Lipinski definition) is 9. The highest BCUT2D eigenvalue weighted by atomic mass is 32.2. The molecule has 0 aliphatic carbocycles. The van der Waals surface area contributed by atoms with Crippen LogP contribution in [0.3, 0.4) is 0 Å². The molecule has 0 unspecified atom stereocenters. The van der Waals surface area contributed by atoms with E-state index in [0.29, 0.717) is 12.2 Å². The van der Waals surface area contributed by atoms with Gasteiger partial charge >= 0.3 is 11.7 Å². The number of esters is 1. The number of ether oxygens (including phenoxy) is 1. The Bertz CT molecular complexity index is 1190. The maximum Gasteiger partial charge on any atom is 0.332 e. The average Bonchev–Trinajstić information content (AvgIpc) is 3.15. The molecule has 9 nitrogen and oxygen atoms in total. The molecular formula is C19H20N4O5S2. The molecular weight excluding hydrogens is 428 g/mol. The molecule has 1 aromatic carbocycles. The summed E-state index contributed by atoms with van der Waals surface area (Å²) < 4.78 is 8.80. The zero-order valence-corrected chi connectivity index (χ0v) is 18.0. The predicted molar refractivity (Wildman–Crippen MR) is 116 cm³/mol. The lowest BCUT2D eigenvalue weighted by atomic mass is 10.2. The highest BCUT2D eigenvalue weighted by Crippen LogP contribution is 2.29. The predicted octanol–water partition coefficient (Wildman–Crippen LogP) is 1.57. The van der Waals surface area contributed by atoms with Gasteiger partial charge in [-0.15, -0.1) is 11.3 Å². The molecule has 0 radical (unpaired) electrons. The molecule has 3 aromatic rings. The lowest BCUT2D eigenvalue weighted by molar-refractivity contribution is -0.142. The van der Waals surface area contributed by atoms with Gasteiger partial charge < -0.3 is 10.5 Å². The van der Waals surface area contributed by atoms with Crippen molar-refractivity contribution in [3.63, 3.8) is 0 Å². The van der Waals surface area contributed by atoms with Crippen molar-refractivity contribution in [1.82, 2.24) is 14.1 Å². The zero-order chi connectivity index (χ0) is 21.8. The standard InChI is InChI=1S/C19H20N4O5S2/c1-22-16(20)15(17(26)23(2)19(22)27)12(24)10-28-14(25)8-5-9-29-18-21-11-6-3-4-7-13(11)30-18/h3-4,6-7H,5,8-10,20H2,1-2H3. The fourth-order valence-corrected chi connectivity index (χ4v) is 4.78. The minimum atomic E-state index is -0.816. The lowest BCUT2D eigenvalue weighted by Crippen LogP contribution is -2.42. The van der Waals surface area contributed by atoms with Gasteiger partial charge in [0.1, 0.15) is 11.4 Å². The van der Waals surface area contributed by atoms with Crippen LogP contribution in [-0.2, 0) is 23.6 Å². The second kappa shape index (κ2) is 9.26. The summed E-state index contributed by atoms with van der Waals surface area (Å²) in [4.78, 5) is 52.7. The Balaban J connectivity index is 1.48. The number of thioether (sulfide) groups is 1. The van der Waals surface area contributed by atoms with Crippen LogP contribution < -0.4 is 17.0 Å². The number of benzene rings is 1. The Kier molecular flexibility index (Phi) is 6.73. The third kappa shape index (κ3) is 4.62. The number of rotatable bonds is 8. The van der Waals surface area contributed by atoms with E-state index in [4.69, 9.17) is 10.5 Å². The Hall–Kier alpha value is -2.92. The van der Waals surface area contributed by atoms with E-state index < -0.39 is 29.6 Å². The number of nitrogens with zero attached hydrogens (tertiary/aromatic N) is 3. The van der Waals surface area contributed by atoms with Gasteiger partial charge in [0, 0.05) is 26.3 Å². The van der Waals surface area contributed by atoms with E-state index in [1.165, 1.54) is 14.1 Å². The van der Waals surface area contributed by atoms with Crippen molar-refractivity contribution < 1.29 is 14.3 Å². The molecule has 0 bridgehead atoms. The Morgan fingerprint density at radius 1 is 1.20 bits per heavy atom. The number of Topliss-reactive ketones (excluding diaryl/α,β-unsaturated/α-hetero) is 1. The molecule has 30 heavy (non-hydrogen) atoms. The molecule has 0 atom stereocenters. The lowest BCUT2D eigenvalue weighted by Gasteiger charge is -2.11. The van der Waals surface area contributed by atoms with Gasteiger partial charge in [-0.3, -0.25) is 23.5 Å². The second-order valence-corrected chi connectivity index (χ2v) is 8.82. The van der Waals surface area contributed by atoms with E-state index in [-0.39, 0.29) is 17.8 Å². The van der Waals surface area contributed by atoms with E-state index >= 15 is 0 Å². The number of carbonyl (C=O) groups excluding carboxylic acids is 2. The molecule has 11 heteroatoms. The topological polar surface area (TPSA) is 126 Å². The molecule has 0 saturated heterocycles. The smallest absolute Gasteiger partial charge is 0.332 e. The molecule has 2 N–H and O–H groups in total. The van der Waals surface area contributed by atoms with E-state index in [1.54, 1.807) is 23.1 Å². The van der Waals surface area contributed by atoms with Crippen molar-refractivity contribution in [1.29, 1.82) is 0 Å². The molecule has 0 spiro atoms. The first-order valence-corrected chi connectivity index (χ1v) is 10.8. The zero-order valence-electron chi connectivity index (χ0n) is 16.4. The summed E-state index contributed by atoms with van der Waals surface area (Å²) in [7, 11) is 2.60. The van der Waals surface area contributed by atoms with Crippen LogP contribution in [0.4, 0.5) is 5.82 Å². The monoisotopic (exact) mass is 448 g/mol. The third-order valence-electron chi connectivity index (χ3n) is 4.38. The summed E-state index contributed by atoms with van der Waals surface area (Å²) in [5.74, 6) is -0.872. The van der Waals surface area contributed by atoms with E-state index in [0.717, 1.165) is 23.7 Å². The van der Waals surface area contributed by atoms with Crippen molar-refractivity contribution in [2.45, 2.75) is 17.2 Å². The van der Waals surface area contributed by atoms with Gasteiger partial charge in [0.15, 0.2) is 10.9 Å². The Labute approximate surface area is 179 Å². The summed E-state index contributed by atoms with van der Waals surface area (Å²) in [5.41, 5.74) is 4.85. The number of para-hydroxylation sites is 1. The molecule has 2 aromatic heterocycles. The van der Waals surface area contributed by atoms with Crippen LogP contribution in [0.5, 0.6) is 0 Å². The highest BCUT2D eigenvalue weighted by Gasteiger charge is 2.21. The van der Waals surface area contributed by atoms with Gasteiger partial charge in [0.25, 0.3) is 5.56 Å². The van der Waals surface area contributed by atoms with Crippen molar-refractivity contribution in [3.8, 4) is 0 Å².